The summed E-state index contributed by atoms with van der Waals surface area (Å²) in [6, 6.07) is 6.37. The lowest BCUT2D eigenvalue weighted by atomic mass is 10.2. The fraction of sp³-hybridized carbons (Fsp3) is 0.267. The smallest absolute Gasteiger partial charge is 0.269 e. The van der Waals surface area contributed by atoms with E-state index in [0.29, 0.717) is 29.4 Å². The van der Waals surface area contributed by atoms with E-state index >= 15 is 0 Å². The minimum atomic E-state index is -0.440. The van der Waals surface area contributed by atoms with Gasteiger partial charge in [0.1, 0.15) is 0 Å². The Labute approximate surface area is 149 Å². The molecule has 0 fully saturated rings. The highest BCUT2D eigenvalue weighted by Crippen LogP contribution is 2.20. The van der Waals surface area contributed by atoms with Gasteiger partial charge in [0.05, 0.1) is 22.4 Å². The van der Waals surface area contributed by atoms with Crippen LogP contribution in [0.2, 0.25) is 0 Å². The first-order valence-corrected chi connectivity index (χ1v) is 7.36. The average molecular weight is 365 g/mol. The van der Waals surface area contributed by atoms with E-state index in [1.54, 1.807) is 29.2 Å². The number of likely N-dealkylation sites (N-methyl/N-ethyl adjacent to an activating group) is 1. The molecule has 2 aromatic heterocycles. The number of rotatable bonds is 6. The van der Waals surface area contributed by atoms with E-state index in [-0.39, 0.29) is 24.1 Å². The van der Waals surface area contributed by atoms with Gasteiger partial charge in [0.25, 0.3) is 11.6 Å². The molecule has 3 rings (SSSR count). The Morgan fingerprint density at radius 3 is 2.72 bits per heavy atom. The highest BCUT2D eigenvalue weighted by Gasteiger charge is 2.13. The molecule has 3 aromatic rings. The Kier molecular flexibility index (Phi) is 5.84. The van der Waals surface area contributed by atoms with Crippen molar-refractivity contribution >= 4 is 18.1 Å². The van der Waals surface area contributed by atoms with Crippen molar-refractivity contribution in [3.05, 3.63) is 52.6 Å². The molecule has 132 valence electrons. The van der Waals surface area contributed by atoms with E-state index in [0.717, 1.165) is 0 Å². The fourth-order valence-corrected chi connectivity index (χ4v) is 2.13. The van der Waals surface area contributed by atoms with Crippen molar-refractivity contribution in [2.75, 3.05) is 7.05 Å². The standard InChI is InChI=1S/C15H16N6O3.ClH/c1-10(16-2)7-14-18-15(24-19-14)11-8-17-20(9-11)12-3-5-13(6-4-12)21(22)23;/h3-6,8-10,16H,7H2,1-2H3;1H. The number of non-ortho nitro benzene ring substituents is 1. The van der Waals surface area contributed by atoms with Crippen LogP contribution in [-0.2, 0) is 6.42 Å². The van der Waals surface area contributed by atoms with E-state index in [4.69, 9.17) is 4.52 Å². The maximum Gasteiger partial charge on any atom is 0.269 e. The lowest BCUT2D eigenvalue weighted by molar-refractivity contribution is -0.384. The summed E-state index contributed by atoms with van der Waals surface area (Å²) in [6.45, 7) is 2.03. The maximum atomic E-state index is 10.7. The van der Waals surface area contributed by atoms with Gasteiger partial charge in [-0.25, -0.2) is 4.68 Å². The Balaban J connectivity index is 0.00000225. The summed E-state index contributed by atoms with van der Waals surface area (Å²) < 4.78 is 6.86. The number of nitro groups is 1. The zero-order valence-corrected chi connectivity index (χ0v) is 14.4. The Morgan fingerprint density at radius 1 is 1.36 bits per heavy atom. The van der Waals surface area contributed by atoms with Gasteiger partial charge in [0.15, 0.2) is 5.82 Å². The van der Waals surface area contributed by atoms with Crippen LogP contribution in [0.3, 0.4) is 0 Å². The van der Waals surface area contributed by atoms with Crippen LogP contribution in [0.25, 0.3) is 17.1 Å². The quantitative estimate of drug-likeness (QED) is 0.527. The van der Waals surface area contributed by atoms with E-state index < -0.39 is 4.92 Å². The van der Waals surface area contributed by atoms with Crippen LogP contribution in [0.1, 0.15) is 12.7 Å². The molecule has 1 atom stereocenters. The minimum absolute atomic E-state index is 0. The third-order valence-electron chi connectivity index (χ3n) is 3.60. The second-order valence-corrected chi connectivity index (χ2v) is 5.36. The Hall–Kier alpha value is -2.78. The van der Waals surface area contributed by atoms with Gasteiger partial charge in [0.2, 0.25) is 0 Å². The molecule has 0 amide bonds. The summed E-state index contributed by atoms with van der Waals surface area (Å²) in [5.41, 5.74) is 1.42. The number of hydrogen-bond acceptors (Lipinski definition) is 7. The predicted octanol–water partition coefficient (Wildman–Crippen LogP) is 2.40. The van der Waals surface area contributed by atoms with Crippen LogP contribution >= 0.6 is 12.4 Å². The Bertz CT molecular complexity index is 845. The zero-order valence-electron chi connectivity index (χ0n) is 13.6. The van der Waals surface area contributed by atoms with Gasteiger partial charge in [-0.1, -0.05) is 5.16 Å². The highest BCUT2D eigenvalue weighted by molar-refractivity contribution is 5.85. The zero-order chi connectivity index (χ0) is 17.1. The molecule has 9 nitrogen and oxygen atoms in total. The third-order valence-corrected chi connectivity index (χ3v) is 3.60. The average Bonchev–Trinajstić information content (AvgIpc) is 3.24. The molecule has 0 bridgehead atoms. The topological polar surface area (TPSA) is 112 Å². The summed E-state index contributed by atoms with van der Waals surface area (Å²) in [7, 11) is 1.87. The predicted molar refractivity (Wildman–Crippen MR) is 93.0 cm³/mol. The normalized spacial score (nSPS) is 11.8. The minimum Gasteiger partial charge on any atom is -0.334 e. The number of nitrogens with zero attached hydrogens (tertiary/aromatic N) is 5. The maximum absolute atomic E-state index is 10.7. The van der Waals surface area contributed by atoms with Crippen LogP contribution in [0, 0.1) is 10.1 Å². The molecule has 0 saturated heterocycles. The van der Waals surface area contributed by atoms with Crippen molar-refractivity contribution in [2.24, 2.45) is 0 Å². The summed E-state index contributed by atoms with van der Waals surface area (Å²) in [4.78, 5) is 14.6. The van der Waals surface area contributed by atoms with Gasteiger partial charge in [-0.3, -0.25) is 10.1 Å². The molecule has 0 aliphatic heterocycles. The molecule has 1 N–H and O–H groups in total. The Morgan fingerprint density at radius 2 is 2.08 bits per heavy atom. The van der Waals surface area contributed by atoms with Gasteiger partial charge < -0.3 is 9.84 Å². The van der Waals surface area contributed by atoms with Crippen molar-refractivity contribution in [3.8, 4) is 17.1 Å². The number of benzene rings is 1. The number of halogens is 1. The molecule has 0 radical (unpaired) electrons. The molecule has 1 aromatic carbocycles. The number of aromatic nitrogens is 4. The first-order chi connectivity index (χ1) is 11.6. The van der Waals surface area contributed by atoms with Gasteiger partial charge in [-0.05, 0) is 26.1 Å². The second-order valence-electron chi connectivity index (χ2n) is 5.36. The van der Waals surface area contributed by atoms with Crippen LogP contribution in [0.15, 0.2) is 41.2 Å². The lowest BCUT2D eigenvalue weighted by Gasteiger charge is -2.04. The molecule has 25 heavy (non-hydrogen) atoms. The SMILES string of the molecule is CNC(C)Cc1noc(-c2cnn(-c3ccc([N+](=O)[O-])cc3)c2)n1.Cl. The van der Waals surface area contributed by atoms with E-state index in [2.05, 4.69) is 20.6 Å². The molecule has 2 heterocycles. The number of hydrogen-bond donors (Lipinski definition) is 1. The van der Waals surface area contributed by atoms with Crippen LogP contribution in [0.5, 0.6) is 0 Å². The van der Waals surface area contributed by atoms with Crippen molar-refractivity contribution in [1.29, 1.82) is 0 Å². The summed E-state index contributed by atoms with van der Waals surface area (Å²) in [6.07, 6.45) is 4.01. The molecule has 1 unspecified atom stereocenters. The van der Waals surface area contributed by atoms with E-state index in [9.17, 15) is 10.1 Å². The molecule has 0 spiro atoms. The van der Waals surface area contributed by atoms with Crippen LogP contribution in [-0.4, -0.2) is 37.9 Å². The molecular weight excluding hydrogens is 348 g/mol. The van der Waals surface area contributed by atoms with E-state index in [1.807, 2.05) is 14.0 Å². The van der Waals surface area contributed by atoms with Gasteiger partial charge in [-0.15, -0.1) is 12.4 Å². The summed E-state index contributed by atoms with van der Waals surface area (Å²) >= 11 is 0. The first-order valence-electron chi connectivity index (χ1n) is 7.36. The summed E-state index contributed by atoms with van der Waals surface area (Å²) in [5.74, 6) is 1.01. The van der Waals surface area contributed by atoms with Gasteiger partial charge >= 0.3 is 0 Å². The van der Waals surface area contributed by atoms with E-state index in [1.165, 1.54) is 12.1 Å². The molecule has 0 aliphatic rings. The fourth-order valence-electron chi connectivity index (χ4n) is 2.13. The lowest BCUT2D eigenvalue weighted by Crippen LogP contribution is -2.24. The van der Waals surface area contributed by atoms with Gasteiger partial charge in [0, 0.05) is 30.8 Å². The molecular formula is C15H17ClN6O3. The number of nitrogens with one attached hydrogen (secondary N) is 1. The molecule has 10 heteroatoms. The van der Waals surface area contributed by atoms with Crippen LogP contribution in [0.4, 0.5) is 5.69 Å². The van der Waals surface area contributed by atoms with Gasteiger partial charge in [-0.2, -0.15) is 10.1 Å². The second kappa shape index (κ2) is 7.86. The monoisotopic (exact) mass is 364 g/mol. The van der Waals surface area contributed by atoms with Crippen molar-refractivity contribution in [1.82, 2.24) is 25.2 Å². The molecule has 0 aliphatic carbocycles. The molecule has 0 saturated carbocycles. The third kappa shape index (κ3) is 4.20. The highest BCUT2D eigenvalue weighted by atomic mass is 35.5. The van der Waals surface area contributed by atoms with Crippen molar-refractivity contribution in [3.63, 3.8) is 0 Å². The van der Waals surface area contributed by atoms with Crippen molar-refractivity contribution in [2.45, 2.75) is 19.4 Å². The summed E-state index contributed by atoms with van der Waals surface area (Å²) in [5, 5.41) is 22.0. The number of nitro benzene ring substituents is 1. The largest absolute Gasteiger partial charge is 0.334 e. The van der Waals surface area contributed by atoms with Crippen LogP contribution < -0.4 is 5.32 Å². The van der Waals surface area contributed by atoms with Crippen molar-refractivity contribution < 1.29 is 9.45 Å². The first kappa shape index (κ1) is 18.6.